The minimum Gasteiger partial charge on any atom is -0.299 e. The number of benzene rings is 2. The molecule has 2 aromatic carbocycles. The van der Waals surface area contributed by atoms with Gasteiger partial charge in [-0.25, -0.2) is 12.8 Å². The van der Waals surface area contributed by atoms with E-state index in [0.717, 1.165) is 5.56 Å². The van der Waals surface area contributed by atoms with Gasteiger partial charge in [0.2, 0.25) is 5.91 Å². The Labute approximate surface area is 168 Å². The highest BCUT2D eigenvalue weighted by Crippen LogP contribution is 2.20. The van der Waals surface area contributed by atoms with Crippen LogP contribution in [-0.2, 0) is 21.4 Å². The fourth-order valence-electron chi connectivity index (χ4n) is 3.14. The van der Waals surface area contributed by atoms with Crippen LogP contribution < -0.4 is 10.3 Å². The van der Waals surface area contributed by atoms with Gasteiger partial charge in [-0.05, 0) is 67.9 Å². The number of hydrazine groups is 1. The first kappa shape index (κ1) is 20.7. The van der Waals surface area contributed by atoms with E-state index in [-0.39, 0.29) is 22.5 Å². The van der Waals surface area contributed by atoms with Crippen LogP contribution in [0.15, 0.2) is 53.4 Å². The van der Waals surface area contributed by atoms with E-state index in [1.165, 1.54) is 36.4 Å². The van der Waals surface area contributed by atoms with Crippen molar-refractivity contribution in [3.63, 3.8) is 0 Å². The van der Waals surface area contributed by atoms with Gasteiger partial charge in [0.25, 0.3) is 10.0 Å². The molecule has 150 valence electrons. The molecule has 0 spiro atoms. The summed E-state index contributed by atoms with van der Waals surface area (Å²) < 4.78 is 37.7. The highest BCUT2D eigenvalue weighted by atomic mass is 35.5. The average Bonchev–Trinajstić information content (AvgIpc) is 2.67. The predicted molar refractivity (Wildman–Crippen MR) is 104 cm³/mol. The van der Waals surface area contributed by atoms with Crippen LogP contribution in [0.3, 0.4) is 0 Å². The highest BCUT2D eigenvalue weighted by Gasteiger charge is 2.26. The Balaban J connectivity index is 1.48. The first-order valence-corrected chi connectivity index (χ1v) is 10.7. The monoisotopic (exact) mass is 425 g/mol. The SMILES string of the molecule is O=C(NNS(=O)(=O)c1ccc(Cl)cc1)C1CCN(Cc2cccc(F)c2)CC1. The van der Waals surface area contributed by atoms with Crippen LogP contribution in [0.2, 0.25) is 5.02 Å². The number of likely N-dealkylation sites (tertiary alicyclic amines) is 1. The standard InChI is InChI=1S/C19H21ClFN3O3S/c20-16-4-6-18(7-5-16)28(26,27)23-22-19(25)15-8-10-24(11-9-15)13-14-2-1-3-17(21)12-14/h1-7,12,15,23H,8-11,13H2,(H,22,25). The van der Waals surface area contributed by atoms with Crippen molar-refractivity contribution in [2.45, 2.75) is 24.3 Å². The summed E-state index contributed by atoms with van der Waals surface area (Å²) in [5.41, 5.74) is 3.19. The molecule has 9 heteroatoms. The number of rotatable bonds is 6. The van der Waals surface area contributed by atoms with Gasteiger partial charge in [-0.3, -0.25) is 15.1 Å². The third-order valence-corrected chi connectivity index (χ3v) is 6.20. The van der Waals surface area contributed by atoms with Crippen LogP contribution in [0.25, 0.3) is 0 Å². The molecule has 1 heterocycles. The smallest absolute Gasteiger partial charge is 0.257 e. The maximum atomic E-state index is 13.3. The van der Waals surface area contributed by atoms with Crippen molar-refractivity contribution < 1.29 is 17.6 Å². The number of halogens is 2. The van der Waals surface area contributed by atoms with Crippen LogP contribution in [0.1, 0.15) is 18.4 Å². The largest absolute Gasteiger partial charge is 0.299 e. The molecule has 3 rings (SSSR count). The lowest BCUT2D eigenvalue weighted by Crippen LogP contribution is -2.47. The zero-order valence-electron chi connectivity index (χ0n) is 15.1. The third kappa shape index (κ3) is 5.51. The number of carbonyl (C=O) groups excluding carboxylic acids is 1. The molecule has 0 aliphatic carbocycles. The van der Waals surface area contributed by atoms with Gasteiger partial charge in [0.05, 0.1) is 4.90 Å². The minimum atomic E-state index is -3.85. The first-order chi connectivity index (χ1) is 13.3. The lowest BCUT2D eigenvalue weighted by Gasteiger charge is -2.31. The van der Waals surface area contributed by atoms with Crippen molar-refractivity contribution in [3.8, 4) is 0 Å². The lowest BCUT2D eigenvalue weighted by atomic mass is 9.96. The van der Waals surface area contributed by atoms with Crippen molar-refractivity contribution in [1.29, 1.82) is 0 Å². The van der Waals surface area contributed by atoms with E-state index in [1.807, 2.05) is 6.07 Å². The lowest BCUT2D eigenvalue weighted by molar-refractivity contribution is -0.127. The number of hydrogen-bond donors (Lipinski definition) is 2. The van der Waals surface area contributed by atoms with Gasteiger partial charge >= 0.3 is 0 Å². The van der Waals surface area contributed by atoms with E-state index >= 15 is 0 Å². The summed E-state index contributed by atoms with van der Waals surface area (Å²) in [6.45, 7) is 1.98. The van der Waals surface area contributed by atoms with Gasteiger partial charge in [-0.1, -0.05) is 23.7 Å². The molecule has 2 N–H and O–H groups in total. The Kier molecular flexibility index (Phi) is 6.66. The molecule has 1 saturated heterocycles. The van der Waals surface area contributed by atoms with E-state index in [0.29, 0.717) is 37.5 Å². The van der Waals surface area contributed by atoms with Crippen molar-refractivity contribution >= 4 is 27.5 Å². The quantitative estimate of drug-likeness (QED) is 0.697. The minimum absolute atomic E-state index is 0.0158. The molecule has 2 aromatic rings. The Bertz CT molecular complexity index is 930. The van der Waals surface area contributed by atoms with Gasteiger partial charge < -0.3 is 0 Å². The van der Waals surface area contributed by atoms with E-state index < -0.39 is 10.0 Å². The summed E-state index contributed by atoms with van der Waals surface area (Å²) in [5.74, 6) is -0.903. The topological polar surface area (TPSA) is 78.5 Å². The Morgan fingerprint density at radius 1 is 1.14 bits per heavy atom. The molecule has 28 heavy (non-hydrogen) atoms. The summed E-state index contributed by atoms with van der Waals surface area (Å²) in [4.78, 5) is 16.6. The molecule has 1 aliphatic heterocycles. The number of nitrogens with one attached hydrogen (secondary N) is 2. The normalized spacial score (nSPS) is 16.1. The molecule has 0 unspecified atom stereocenters. The van der Waals surface area contributed by atoms with E-state index in [9.17, 15) is 17.6 Å². The first-order valence-electron chi connectivity index (χ1n) is 8.87. The second-order valence-corrected chi connectivity index (χ2v) is 8.85. The zero-order valence-corrected chi connectivity index (χ0v) is 16.6. The van der Waals surface area contributed by atoms with Crippen molar-refractivity contribution in [3.05, 3.63) is 64.9 Å². The van der Waals surface area contributed by atoms with Crippen LogP contribution in [0, 0.1) is 11.7 Å². The van der Waals surface area contributed by atoms with Gasteiger partial charge in [0.15, 0.2) is 0 Å². The molecule has 1 fully saturated rings. The Hall–Kier alpha value is -2.00. The van der Waals surface area contributed by atoms with Crippen LogP contribution in [0.5, 0.6) is 0 Å². The summed E-state index contributed by atoms with van der Waals surface area (Å²) in [6.07, 6.45) is 1.20. The number of nitrogens with zero attached hydrogens (tertiary/aromatic N) is 1. The van der Waals surface area contributed by atoms with Gasteiger partial charge in [-0.2, -0.15) is 0 Å². The molecule has 0 atom stereocenters. The number of amides is 1. The average molecular weight is 426 g/mol. The van der Waals surface area contributed by atoms with Crippen molar-refractivity contribution in [1.82, 2.24) is 15.2 Å². The predicted octanol–water partition coefficient (Wildman–Crippen LogP) is 2.70. The van der Waals surface area contributed by atoms with Gasteiger partial charge in [0.1, 0.15) is 5.82 Å². The second kappa shape index (κ2) is 9.00. The van der Waals surface area contributed by atoms with Gasteiger partial charge in [0, 0.05) is 17.5 Å². The Morgan fingerprint density at radius 2 is 1.82 bits per heavy atom. The summed E-state index contributed by atoms with van der Waals surface area (Å²) in [5, 5.41) is 0.424. The summed E-state index contributed by atoms with van der Waals surface area (Å²) in [7, 11) is -3.85. The third-order valence-electron chi connectivity index (χ3n) is 4.69. The van der Waals surface area contributed by atoms with E-state index in [1.54, 1.807) is 6.07 Å². The summed E-state index contributed by atoms with van der Waals surface area (Å²) in [6, 6.07) is 12.1. The van der Waals surface area contributed by atoms with Crippen LogP contribution >= 0.6 is 11.6 Å². The van der Waals surface area contributed by atoms with E-state index in [2.05, 4.69) is 15.2 Å². The molecule has 1 amide bonds. The molecule has 0 saturated carbocycles. The maximum Gasteiger partial charge on any atom is 0.257 e. The number of hydrogen-bond acceptors (Lipinski definition) is 4. The maximum absolute atomic E-state index is 13.3. The fraction of sp³-hybridized carbons (Fsp3) is 0.316. The van der Waals surface area contributed by atoms with E-state index in [4.69, 9.17) is 11.6 Å². The second-order valence-electron chi connectivity index (χ2n) is 6.73. The Morgan fingerprint density at radius 3 is 2.46 bits per heavy atom. The number of sulfonamides is 1. The van der Waals surface area contributed by atoms with Crippen LogP contribution in [0.4, 0.5) is 4.39 Å². The summed E-state index contributed by atoms with van der Waals surface area (Å²) >= 11 is 5.75. The molecule has 1 aliphatic rings. The molecule has 0 radical (unpaired) electrons. The molecular weight excluding hydrogens is 405 g/mol. The van der Waals surface area contributed by atoms with Gasteiger partial charge in [-0.15, -0.1) is 4.83 Å². The number of carbonyl (C=O) groups is 1. The van der Waals surface area contributed by atoms with Crippen LogP contribution in [-0.4, -0.2) is 32.3 Å². The molecular formula is C19H21ClFN3O3S. The number of piperidine rings is 1. The molecule has 6 nitrogen and oxygen atoms in total. The molecule has 0 bridgehead atoms. The van der Waals surface area contributed by atoms with Crippen molar-refractivity contribution in [2.24, 2.45) is 5.92 Å². The van der Waals surface area contributed by atoms with Crippen molar-refractivity contribution in [2.75, 3.05) is 13.1 Å². The fourth-order valence-corrected chi connectivity index (χ4v) is 4.11. The zero-order chi connectivity index (χ0) is 20.1. The highest BCUT2D eigenvalue weighted by molar-refractivity contribution is 7.89. The molecule has 0 aromatic heterocycles.